The maximum absolute atomic E-state index is 5.74. The number of halogens is 2. The summed E-state index contributed by atoms with van der Waals surface area (Å²) in [6.45, 7) is 1.52. The summed E-state index contributed by atoms with van der Waals surface area (Å²) in [7, 11) is 0. The minimum absolute atomic E-state index is 0.758. The van der Waals surface area contributed by atoms with Crippen LogP contribution in [0.5, 0.6) is 11.5 Å². The van der Waals surface area contributed by atoms with Gasteiger partial charge in [-0.3, -0.25) is 0 Å². The Morgan fingerprint density at radius 3 is 1.30 bits per heavy atom. The van der Waals surface area contributed by atoms with E-state index in [1.807, 2.05) is 24.3 Å². The lowest BCUT2D eigenvalue weighted by Gasteiger charge is -2.08. The van der Waals surface area contributed by atoms with Crippen LogP contribution in [0.15, 0.2) is 48.5 Å². The molecule has 0 aliphatic carbocycles. The highest BCUT2D eigenvalue weighted by Gasteiger charge is 1.97. The summed E-state index contributed by atoms with van der Waals surface area (Å²) in [6, 6.07) is 16.4. The third-order valence-corrected chi connectivity index (χ3v) is 4.78. The highest BCUT2D eigenvalue weighted by Crippen LogP contribution is 2.16. The van der Waals surface area contributed by atoms with Crippen molar-refractivity contribution in [1.29, 1.82) is 0 Å². The molecule has 0 radical (unpaired) electrons. The second-order valence-corrected chi connectivity index (χ2v) is 6.43. The van der Waals surface area contributed by atoms with Crippen LogP contribution in [-0.4, -0.2) is 13.2 Å². The standard InChI is InChI=1S/C19H22Br2O2/c20-14-16-4-8-18(9-5-16)22-12-2-1-3-13-23-19-10-6-17(15-21)7-11-19/h4-11H,1-3,12-15H2. The zero-order valence-corrected chi connectivity index (χ0v) is 16.3. The monoisotopic (exact) mass is 440 g/mol. The third kappa shape index (κ3) is 6.96. The molecule has 0 atom stereocenters. The molecule has 4 heteroatoms. The second kappa shape index (κ2) is 10.7. The largest absolute Gasteiger partial charge is 0.494 e. The Labute approximate surface area is 155 Å². The summed E-state index contributed by atoms with van der Waals surface area (Å²) >= 11 is 6.88. The maximum Gasteiger partial charge on any atom is 0.119 e. The molecular formula is C19H22Br2O2. The van der Waals surface area contributed by atoms with Gasteiger partial charge in [0, 0.05) is 10.7 Å². The van der Waals surface area contributed by atoms with Gasteiger partial charge in [0.15, 0.2) is 0 Å². The lowest BCUT2D eigenvalue weighted by Crippen LogP contribution is -2.01. The highest BCUT2D eigenvalue weighted by atomic mass is 79.9. The van der Waals surface area contributed by atoms with Crippen molar-refractivity contribution in [1.82, 2.24) is 0 Å². The Morgan fingerprint density at radius 2 is 0.957 bits per heavy atom. The molecule has 0 N–H and O–H groups in total. The number of hydrogen-bond acceptors (Lipinski definition) is 2. The van der Waals surface area contributed by atoms with E-state index in [0.717, 1.165) is 54.6 Å². The van der Waals surface area contributed by atoms with Crippen molar-refractivity contribution in [3.8, 4) is 11.5 Å². The summed E-state index contributed by atoms with van der Waals surface area (Å²) in [4.78, 5) is 0. The average Bonchev–Trinajstić information content (AvgIpc) is 2.62. The van der Waals surface area contributed by atoms with Crippen LogP contribution < -0.4 is 9.47 Å². The molecule has 0 aromatic heterocycles. The number of benzene rings is 2. The maximum atomic E-state index is 5.74. The van der Waals surface area contributed by atoms with Crippen LogP contribution in [0.1, 0.15) is 30.4 Å². The Bertz CT molecular complexity index is 501. The number of unbranched alkanes of at least 4 members (excludes halogenated alkanes) is 2. The molecule has 0 spiro atoms. The van der Waals surface area contributed by atoms with Crippen molar-refractivity contribution >= 4 is 31.9 Å². The van der Waals surface area contributed by atoms with E-state index in [4.69, 9.17) is 9.47 Å². The van der Waals surface area contributed by atoms with Crippen LogP contribution >= 0.6 is 31.9 Å². The molecule has 2 rings (SSSR count). The number of ether oxygens (including phenoxy) is 2. The molecular weight excluding hydrogens is 420 g/mol. The highest BCUT2D eigenvalue weighted by molar-refractivity contribution is 9.08. The van der Waals surface area contributed by atoms with E-state index in [-0.39, 0.29) is 0 Å². The SMILES string of the molecule is BrCc1ccc(OCCCCCOc2ccc(CBr)cc2)cc1. The van der Waals surface area contributed by atoms with Gasteiger partial charge in [-0.1, -0.05) is 56.1 Å². The van der Waals surface area contributed by atoms with E-state index in [9.17, 15) is 0 Å². The van der Waals surface area contributed by atoms with Crippen LogP contribution in [-0.2, 0) is 10.7 Å². The molecule has 23 heavy (non-hydrogen) atoms. The zero-order valence-electron chi connectivity index (χ0n) is 13.1. The first-order valence-corrected chi connectivity index (χ1v) is 10.1. The number of alkyl halides is 2. The quantitative estimate of drug-likeness (QED) is 0.327. The summed E-state index contributed by atoms with van der Waals surface area (Å²) in [5.41, 5.74) is 2.53. The van der Waals surface area contributed by atoms with Gasteiger partial charge < -0.3 is 9.47 Å². The van der Waals surface area contributed by atoms with Crippen molar-refractivity contribution in [2.24, 2.45) is 0 Å². The van der Waals surface area contributed by atoms with E-state index < -0.39 is 0 Å². The lowest BCUT2D eigenvalue weighted by molar-refractivity contribution is 0.279. The molecule has 0 aliphatic rings. The van der Waals surface area contributed by atoms with Gasteiger partial charge in [-0.05, 0) is 54.7 Å². The molecule has 0 saturated carbocycles. The first-order chi connectivity index (χ1) is 11.3. The molecule has 124 valence electrons. The second-order valence-electron chi connectivity index (χ2n) is 5.31. The van der Waals surface area contributed by atoms with Gasteiger partial charge in [0.05, 0.1) is 13.2 Å². The van der Waals surface area contributed by atoms with Crippen LogP contribution in [0, 0.1) is 0 Å². The Balaban J connectivity index is 1.53. The number of rotatable bonds is 10. The van der Waals surface area contributed by atoms with Crippen molar-refractivity contribution in [3.05, 3.63) is 59.7 Å². The molecule has 0 unspecified atom stereocenters. The minimum atomic E-state index is 0.758. The topological polar surface area (TPSA) is 18.5 Å². The van der Waals surface area contributed by atoms with Gasteiger partial charge in [0.2, 0.25) is 0 Å². The molecule has 2 nitrogen and oxygen atoms in total. The van der Waals surface area contributed by atoms with E-state index >= 15 is 0 Å². The van der Waals surface area contributed by atoms with Crippen LogP contribution in [0.4, 0.5) is 0 Å². The van der Waals surface area contributed by atoms with Gasteiger partial charge in [-0.2, -0.15) is 0 Å². The molecule has 0 saturated heterocycles. The van der Waals surface area contributed by atoms with Gasteiger partial charge in [-0.15, -0.1) is 0 Å². The van der Waals surface area contributed by atoms with Crippen molar-refractivity contribution in [2.45, 2.75) is 29.9 Å². The predicted octanol–water partition coefficient (Wildman–Crippen LogP) is 6.10. The molecule has 0 bridgehead atoms. The molecule has 0 aliphatic heterocycles. The van der Waals surface area contributed by atoms with Crippen LogP contribution in [0.3, 0.4) is 0 Å². The van der Waals surface area contributed by atoms with Crippen molar-refractivity contribution in [3.63, 3.8) is 0 Å². The Kier molecular flexibility index (Phi) is 8.54. The Morgan fingerprint density at radius 1 is 0.565 bits per heavy atom. The molecule has 2 aromatic rings. The fourth-order valence-electron chi connectivity index (χ4n) is 2.11. The van der Waals surface area contributed by atoms with Crippen LogP contribution in [0.2, 0.25) is 0 Å². The normalized spacial score (nSPS) is 10.5. The van der Waals surface area contributed by atoms with Gasteiger partial charge in [0.25, 0.3) is 0 Å². The van der Waals surface area contributed by atoms with Crippen molar-refractivity contribution < 1.29 is 9.47 Å². The van der Waals surface area contributed by atoms with E-state index in [1.54, 1.807) is 0 Å². The third-order valence-electron chi connectivity index (χ3n) is 3.48. The smallest absolute Gasteiger partial charge is 0.119 e. The summed E-state index contributed by atoms with van der Waals surface area (Å²) in [5.74, 6) is 1.88. The van der Waals surface area contributed by atoms with Crippen LogP contribution in [0.25, 0.3) is 0 Å². The zero-order chi connectivity index (χ0) is 16.3. The van der Waals surface area contributed by atoms with E-state index in [2.05, 4.69) is 56.1 Å². The minimum Gasteiger partial charge on any atom is -0.494 e. The number of hydrogen-bond donors (Lipinski definition) is 0. The van der Waals surface area contributed by atoms with Gasteiger partial charge in [-0.25, -0.2) is 0 Å². The first-order valence-electron chi connectivity index (χ1n) is 7.87. The molecule has 0 amide bonds. The molecule has 0 fully saturated rings. The molecule has 2 aromatic carbocycles. The van der Waals surface area contributed by atoms with Gasteiger partial charge in [0.1, 0.15) is 11.5 Å². The predicted molar refractivity (Wildman–Crippen MR) is 103 cm³/mol. The van der Waals surface area contributed by atoms with Crippen molar-refractivity contribution in [2.75, 3.05) is 13.2 Å². The summed E-state index contributed by atoms with van der Waals surface area (Å²) in [6.07, 6.45) is 3.21. The molecule has 0 heterocycles. The fraction of sp³-hybridized carbons (Fsp3) is 0.368. The first kappa shape index (κ1) is 18.3. The fourth-order valence-corrected chi connectivity index (χ4v) is 2.86. The van der Waals surface area contributed by atoms with E-state index in [1.165, 1.54) is 11.1 Å². The average molecular weight is 442 g/mol. The summed E-state index contributed by atoms with van der Waals surface area (Å²) in [5, 5.41) is 1.76. The lowest BCUT2D eigenvalue weighted by atomic mass is 10.2. The van der Waals surface area contributed by atoms with Gasteiger partial charge >= 0.3 is 0 Å². The summed E-state index contributed by atoms with van der Waals surface area (Å²) < 4.78 is 11.5. The van der Waals surface area contributed by atoms with E-state index in [0.29, 0.717) is 0 Å². The Hall–Kier alpha value is -1.00.